The summed E-state index contributed by atoms with van der Waals surface area (Å²) in [6, 6.07) is 10.7. The smallest absolute Gasteiger partial charge is 0.458 e. The zero-order valence-corrected chi connectivity index (χ0v) is 22.1. The first-order valence-corrected chi connectivity index (χ1v) is 13.1. The van der Waals surface area contributed by atoms with Gasteiger partial charge in [0.1, 0.15) is 24.3 Å². The maximum Gasteiger partial charge on any atom is 0.458 e. The molecule has 4 N–H and O–H groups in total. The molecule has 0 aliphatic carbocycles. The Morgan fingerprint density at radius 2 is 1.83 bits per heavy atom. The first kappa shape index (κ1) is 29.2. The second kappa shape index (κ2) is 11.9. The summed E-state index contributed by atoms with van der Waals surface area (Å²) in [6.45, 7) is 1.16. The first-order chi connectivity index (χ1) is 20.0. The summed E-state index contributed by atoms with van der Waals surface area (Å²) in [7, 11) is 0. The number of aromatic amines is 1. The molecule has 42 heavy (non-hydrogen) atoms. The number of hydrogen-bond acceptors (Lipinski definition) is 7. The number of pyridine rings is 1. The molecule has 0 spiro atoms. The van der Waals surface area contributed by atoms with Crippen LogP contribution in [-0.2, 0) is 5.92 Å². The minimum Gasteiger partial charge on any atom is -0.490 e. The van der Waals surface area contributed by atoms with Gasteiger partial charge in [-0.05, 0) is 68.4 Å². The van der Waals surface area contributed by atoms with E-state index in [0.29, 0.717) is 11.8 Å². The average Bonchev–Trinajstić information content (AvgIpc) is 3.63. The minimum atomic E-state index is -5.89. The lowest BCUT2D eigenvalue weighted by molar-refractivity contribution is -0.289. The van der Waals surface area contributed by atoms with Gasteiger partial charge in [-0.3, -0.25) is 9.89 Å². The fourth-order valence-electron chi connectivity index (χ4n) is 4.67. The van der Waals surface area contributed by atoms with Crippen LogP contribution >= 0.6 is 0 Å². The van der Waals surface area contributed by atoms with Crippen molar-refractivity contribution in [3.63, 3.8) is 0 Å². The van der Waals surface area contributed by atoms with E-state index < -0.39 is 42.0 Å². The Balaban J connectivity index is 1.36. The number of H-pyrrole nitrogens is 1. The number of halogens is 5. The number of nitrogens with one attached hydrogen (secondary N) is 3. The number of fused-ring (bicyclic) bond motifs is 1. The molecule has 4 aromatic rings. The van der Waals surface area contributed by atoms with Crippen molar-refractivity contribution in [3.05, 3.63) is 72.1 Å². The predicted molar refractivity (Wildman–Crippen MR) is 145 cm³/mol. The second-order valence-electron chi connectivity index (χ2n) is 9.91. The van der Waals surface area contributed by atoms with E-state index in [1.165, 1.54) is 18.3 Å². The van der Waals surface area contributed by atoms with E-state index in [2.05, 4.69) is 25.8 Å². The molecule has 0 bridgehead atoms. The SMILES string of the molecule is O=C(Nc1ccc(C(F)(F)C(F)(F)F)c(OC[C@@H](O)CN2CCCC2)c1)c1cccnc1Nc1ccc2cn[nH]c2c1. The number of carbonyl (C=O) groups is 1. The highest BCUT2D eigenvalue weighted by atomic mass is 19.4. The fourth-order valence-corrected chi connectivity index (χ4v) is 4.67. The molecule has 3 heterocycles. The summed E-state index contributed by atoms with van der Waals surface area (Å²) < 4.78 is 73.8. The number of carbonyl (C=O) groups excluding carboxylic acids is 1. The molecule has 14 heteroatoms. The van der Waals surface area contributed by atoms with Gasteiger partial charge in [0.2, 0.25) is 0 Å². The molecule has 1 aliphatic rings. The number of ether oxygens (including phenoxy) is 1. The van der Waals surface area contributed by atoms with Crippen LogP contribution in [0.1, 0.15) is 28.8 Å². The molecule has 1 amide bonds. The molecule has 1 atom stereocenters. The Hall–Kier alpha value is -4.30. The number of alkyl halides is 5. The van der Waals surface area contributed by atoms with E-state index in [1.807, 2.05) is 11.0 Å². The van der Waals surface area contributed by atoms with Crippen LogP contribution in [0.3, 0.4) is 0 Å². The van der Waals surface area contributed by atoms with Crippen LogP contribution < -0.4 is 15.4 Å². The number of likely N-dealkylation sites (tertiary alicyclic amines) is 1. The topological polar surface area (TPSA) is 115 Å². The number of benzene rings is 2. The largest absolute Gasteiger partial charge is 0.490 e. The van der Waals surface area contributed by atoms with Gasteiger partial charge in [-0.2, -0.15) is 27.1 Å². The standard InChI is InChI=1S/C28H27F5N6O3/c29-27(30,28(31,32)33)22-8-7-19(13-24(22)42-16-20(40)15-39-10-1-2-11-39)37-26(41)21-4-3-9-34-25(21)36-18-6-5-17-14-35-38-23(17)12-18/h3-9,12-14,20,40H,1-2,10-11,15-16H2,(H,34,36)(H,35,38)(H,37,41)/t20-/m0/s1. The van der Waals surface area contributed by atoms with Crippen molar-refractivity contribution in [3.8, 4) is 5.75 Å². The van der Waals surface area contributed by atoms with Crippen LogP contribution in [0.25, 0.3) is 10.9 Å². The van der Waals surface area contributed by atoms with E-state index in [4.69, 9.17) is 4.74 Å². The van der Waals surface area contributed by atoms with Gasteiger partial charge in [0, 0.05) is 35.6 Å². The molecule has 0 unspecified atom stereocenters. The van der Waals surface area contributed by atoms with E-state index in [1.54, 1.807) is 18.3 Å². The molecule has 0 saturated carbocycles. The number of aliphatic hydroxyl groups excluding tert-OH is 1. The van der Waals surface area contributed by atoms with Gasteiger partial charge in [0.15, 0.2) is 0 Å². The highest BCUT2D eigenvalue weighted by molar-refractivity contribution is 6.08. The number of anilines is 3. The highest BCUT2D eigenvalue weighted by Crippen LogP contribution is 2.47. The number of amides is 1. The lowest BCUT2D eigenvalue weighted by Gasteiger charge is -2.24. The van der Waals surface area contributed by atoms with Gasteiger partial charge in [-0.25, -0.2) is 4.98 Å². The van der Waals surface area contributed by atoms with Gasteiger partial charge in [-0.15, -0.1) is 0 Å². The van der Waals surface area contributed by atoms with Crippen LogP contribution in [0, 0.1) is 0 Å². The third-order valence-electron chi connectivity index (χ3n) is 6.79. The summed E-state index contributed by atoms with van der Waals surface area (Å²) in [6.07, 6.45) is -2.00. The molecule has 2 aromatic carbocycles. The molecule has 9 nitrogen and oxygen atoms in total. The molecule has 2 aromatic heterocycles. The first-order valence-electron chi connectivity index (χ1n) is 13.1. The zero-order chi connectivity index (χ0) is 29.9. The number of aromatic nitrogens is 3. The second-order valence-corrected chi connectivity index (χ2v) is 9.91. The van der Waals surface area contributed by atoms with Gasteiger partial charge >= 0.3 is 12.1 Å². The summed E-state index contributed by atoms with van der Waals surface area (Å²) in [5, 5.41) is 23.5. The number of β-amino-alcohol motifs (C(OH)–C–C–N with tert-alkyl or cyclic N) is 1. The molecule has 5 rings (SSSR count). The van der Waals surface area contributed by atoms with Crippen molar-refractivity contribution in [1.82, 2.24) is 20.1 Å². The van der Waals surface area contributed by atoms with Gasteiger partial charge in [0.25, 0.3) is 5.91 Å². The monoisotopic (exact) mass is 590 g/mol. The third-order valence-corrected chi connectivity index (χ3v) is 6.79. The Labute approximate surface area is 236 Å². The normalized spacial score (nSPS) is 15.1. The third kappa shape index (κ3) is 6.44. The van der Waals surface area contributed by atoms with Crippen LogP contribution in [0.2, 0.25) is 0 Å². The Kier molecular flexibility index (Phi) is 8.27. The lowest BCUT2D eigenvalue weighted by Crippen LogP contribution is -2.36. The Morgan fingerprint density at radius 3 is 2.60 bits per heavy atom. The van der Waals surface area contributed by atoms with E-state index in [0.717, 1.165) is 49.0 Å². The maximum atomic E-state index is 14.4. The maximum absolute atomic E-state index is 14.4. The summed E-state index contributed by atoms with van der Waals surface area (Å²) in [5.74, 6) is -6.58. The van der Waals surface area contributed by atoms with Crippen molar-refractivity contribution < 1.29 is 36.6 Å². The minimum absolute atomic E-state index is 0.0791. The predicted octanol–water partition coefficient (Wildman–Crippen LogP) is 5.44. The van der Waals surface area contributed by atoms with Gasteiger partial charge in [-0.1, -0.05) is 0 Å². The number of hydrogen-bond donors (Lipinski definition) is 4. The molecule has 0 radical (unpaired) electrons. The molecule has 1 aliphatic heterocycles. The van der Waals surface area contributed by atoms with Crippen molar-refractivity contribution >= 4 is 34.0 Å². The highest BCUT2D eigenvalue weighted by Gasteiger charge is 2.60. The zero-order valence-electron chi connectivity index (χ0n) is 22.1. The molecular weight excluding hydrogens is 563 g/mol. The van der Waals surface area contributed by atoms with Crippen LogP contribution in [0.5, 0.6) is 5.75 Å². The molecule has 1 fully saturated rings. The number of rotatable bonds is 10. The van der Waals surface area contributed by atoms with E-state index in [-0.39, 0.29) is 23.6 Å². The fraction of sp³-hybridized carbons (Fsp3) is 0.321. The molecule has 222 valence electrons. The summed E-state index contributed by atoms with van der Waals surface area (Å²) in [4.78, 5) is 19.3. The van der Waals surface area contributed by atoms with Crippen LogP contribution in [0.15, 0.2) is 60.9 Å². The van der Waals surface area contributed by atoms with Crippen molar-refractivity contribution in [2.45, 2.75) is 31.0 Å². The van der Waals surface area contributed by atoms with Gasteiger partial charge < -0.3 is 25.4 Å². The Morgan fingerprint density at radius 1 is 1.07 bits per heavy atom. The van der Waals surface area contributed by atoms with Crippen LogP contribution in [0.4, 0.5) is 39.1 Å². The van der Waals surface area contributed by atoms with Crippen molar-refractivity contribution in [1.29, 1.82) is 0 Å². The van der Waals surface area contributed by atoms with E-state index >= 15 is 0 Å². The van der Waals surface area contributed by atoms with Crippen molar-refractivity contribution in [2.75, 3.05) is 36.9 Å². The van der Waals surface area contributed by atoms with E-state index in [9.17, 15) is 31.9 Å². The van der Waals surface area contributed by atoms with Crippen LogP contribution in [-0.4, -0.2) is 69.6 Å². The van der Waals surface area contributed by atoms with Crippen molar-refractivity contribution in [2.24, 2.45) is 0 Å². The average molecular weight is 591 g/mol. The number of nitrogens with zero attached hydrogens (tertiary/aromatic N) is 3. The molecular formula is C28H27F5N6O3. The lowest BCUT2D eigenvalue weighted by atomic mass is 10.1. The quantitative estimate of drug-likeness (QED) is 0.182. The molecule has 1 saturated heterocycles. The summed E-state index contributed by atoms with van der Waals surface area (Å²) >= 11 is 0. The number of aliphatic hydroxyl groups is 1. The summed E-state index contributed by atoms with van der Waals surface area (Å²) in [5.41, 5.74) is -0.105. The van der Waals surface area contributed by atoms with Gasteiger partial charge in [0.05, 0.1) is 22.8 Å². The Bertz CT molecular complexity index is 1550.